The lowest BCUT2D eigenvalue weighted by molar-refractivity contribution is 0.0608. The number of hydrogen-bond donors (Lipinski definition) is 0. The molecule has 0 saturated carbocycles. The number of carbonyl (C=O) groups excluding carboxylic acids is 1. The van der Waals surface area contributed by atoms with Crippen LogP contribution in [0.4, 0.5) is 4.39 Å². The molecule has 4 rings (SSSR count). The van der Waals surface area contributed by atoms with E-state index in [-0.39, 0.29) is 11.7 Å². The maximum Gasteiger partial charge on any atom is 0.289 e. The van der Waals surface area contributed by atoms with Crippen LogP contribution in [0.2, 0.25) is 0 Å². The third-order valence-electron chi connectivity index (χ3n) is 5.48. The number of ether oxygens (including phenoxy) is 1. The molecule has 3 aromatic rings. The molecule has 2 aromatic carbocycles. The summed E-state index contributed by atoms with van der Waals surface area (Å²) in [5.74, 6) is 1.36. The Morgan fingerprint density at radius 1 is 0.967 bits per heavy atom. The lowest BCUT2D eigenvalue weighted by Gasteiger charge is -2.34. The summed E-state index contributed by atoms with van der Waals surface area (Å²) in [6, 6.07) is 17.6. The maximum absolute atomic E-state index is 13.1. The zero-order valence-electron chi connectivity index (χ0n) is 17.0. The van der Waals surface area contributed by atoms with E-state index in [0.717, 1.165) is 37.4 Å². The van der Waals surface area contributed by atoms with Gasteiger partial charge in [0.25, 0.3) is 5.91 Å². The molecule has 30 heavy (non-hydrogen) atoms. The Morgan fingerprint density at radius 2 is 1.67 bits per heavy atom. The van der Waals surface area contributed by atoms with Crippen LogP contribution in [0, 0.1) is 5.82 Å². The van der Waals surface area contributed by atoms with Crippen molar-refractivity contribution < 1.29 is 18.3 Å². The smallest absolute Gasteiger partial charge is 0.289 e. The molecule has 1 aromatic heterocycles. The van der Waals surface area contributed by atoms with E-state index in [9.17, 15) is 9.18 Å². The van der Waals surface area contributed by atoms with Crippen LogP contribution in [-0.2, 0) is 6.42 Å². The lowest BCUT2D eigenvalue weighted by Crippen LogP contribution is -2.49. The Bertz CT molecular complexity index is 974. The number of carbonyl (C=O) groups is 1. The van der Waals surface area contributed by atoms with Gasteiger partial charge in [-0.05, 0) is 60.5 Å². The van der Waals surface area contributed by atoms with Crippen molar-refractivity contribution in [3.8, 4) is 17.1 Å². The zero-order valence-corrected chi connectivity index (χ0v) is 17.0. The van der Waals surface area contributed by atoms with E-state index in [4.69, 9.17) is 9.15 Å². The number of hydrogen-bond acceptors (Lipinski definition) is 4. The second-order valence-corrected chi connectivity index (χ2v) is 7.40. The van der Waals surface area contributed by atoms with Gasteiger partial charge >= 0.3 is 0 Å². The van der Waals surface area contributed by atoms with Gasteiger partial charge in [-0.25, -0.2) is 4.39 Å². The molecule has 156 valence electrons. The molecular weight excluding hydrogens is 383 g/mol. The molecule has 1 aliphatic heterocycles. The van der Waals surface area contributed by atoms with Gasteiger partial charge in [-0.2, -0.15) is 0 Å². The van der Waals surface area contributed by atoms with Gasteiger partial charge < -0.3 is 14.1 Å². The number of piperazine rings is 1. The van der Waals surface area contributed by atoms with Gasteiger partial charge in [-0.3, -0.25) is 9.69 Å². The zero-order chi connectivity index (χ0) is 20.9. The third-order valence-corrected chi connectivity index (χ3v) is 5.48. The SMILES string of the molecule is COc1ccc(CCN2CCN(C(=O)c3ccc(-c4ccc(F)cc4)o3)CC2)cc1. The summed E-state index contributed by atoms with van der Waals surface area (Å²) in [4.78, 5) is 17.0. The monoisotopic (exact) mass is 408 g/mol. The van der Waals surface area contributed by atoms with Crippen LogP contribution in [0.5, 0.6) is 5.75 Å². The van der Waals surface area contributed by atoms with Crippen LogP contribution in [0.15, 0.2) is 65.1 Å². The third kappa shape index (κ3) is 4.71. The van der Waals surface area contributed by atoms with E-state index in [1.165, 1.54) is 17.7 Å². The van der Waals surface area contributed by atoms with Gasteiger partial charge in [0, 0.05) is 38.3 Å². The summed E-state index contributed by atoms with van der Waals surface area (Å²) >= 11 is 0. The maximum atomic E-state index is 13.1. The second kappa shape index (κ2) is 9.13. The van der Waals surface area contributed by atoms with Crippen molar-refractivity contribution in [3.05, 3.63) is 77.8 Å². The number of amides is 1. The Labute approximate surface area is 175 Å². The fraction of sp³-hybridized carbons (Fsp3) is 0.292. The van der Waals surface area contributed by atoms with Crippen molar-refractivity contribution in [1.82, 2.24) is 9.80 Å². The topological polar surface area (TPSA) is 45.9 Å². The highest BCUT2D eigenvalue weighted by Gasteiger charge is 2.24. The average molecular weight is 408 g/mol. The highest BCUT2D eigenvalue weighted by molar-refractivity contribution is 5.92. The van der Waals surface area contributed by atoms with Crippen LogP contribution >= 0.6 is 0 Å². The predicted molar refractivity (Wildman–Crippen MR) is 113 cm³/mol. The first-order valence-electron chi connectivity index (χ1n) is 10.1. The molecule has 0 aliphatic carbocycles. The van der Waals surface area contributed by atoms with Gasteiger partial charge in [0.15, 0.2) is 5.76 Å². The summed E-state index contributed by atoms with van der Waals surface area (Å²) in [5.41, 5.74) is 2.03. The summed E-state index contributed by atoms with van der Waals surface area (Å²) in [5, 5.41) is 0. The molecular formula is C24H25FN2O3. The van der Waals surface area contributed by atoms with Crippen molar-refractivity contribution in [3.63, 3.8) is 0 Å². The van der Waals surface area contributed by atoms with Gasteiger partial charge in [-0.1, -0.05) is 12.1 Å². The first kappa shape index (κ1) is 20.2. The molecule has 0 radical (unpaired) electrons. The fourth-order valence-electron chi connectivity index (χ4n) is 3.63. The van der Waals surface area contributed by atoms with E-state index >= 15 is 0 Å². The molecule has 0 N–H and O–H groups in total. The molecule has 0 bridgehead atoms. The van der Waals surface area contributed by atoms with Gasteiger partial charge in [0.2, 0.25) is 0 Å². The summed E-state index contributed by atoms with van der Waals surface area (Å²) in [7, 11) is 1.67. The molecule has 1 aliphatic rings. The molecule has 6 heteroatoms. The standard InChI is InChI=1S/C24H25FN2O3/c1-29-21-8-2-18(3-9-21)12-13-26-14-16-27(17-15-26)24(28)23-11-10-22(30-23)19-4-6-20(25)7-5-19/h2-11H,12-17H2,1H3. The average Bonchev–Trinajstić information content (AvgIpc) is 3.29. The second-order valence-electron chi connectivity index (χ2n) is 7.40. The predicted octanol–water partition coefficient (Wildman–Crippen LogP) is 4.09. The minimum absolute atomic E-state index is 0.0989. The number of benzene rings is 2. The number of rotatable bonds is 6. The Balaban J connectivity index is 1.28. The van der Waals surface area contributed by atoms with Crippen LogP contribution < -0.4 is 4.74 Å². The van der Waals surface area contributed by atoms with Crippen LogP contribution in [-0.4, -0.2) is 55.5 Å². The van der Waals surface area contributed by atoms with Gasteiger partial charge in [0.1, 0.15) is 17.3 Å². The Kier molecular flexibility index (Phi) is 6.14. The number of halogens is 1. The highest BCUT2D eigenvalue weighted by Crippen LogP contribution is 2.23. The molecule has 1 saturated heterocycles. The van der Waals surface area contributed by atoms with E-state index in [1.54, 1.807) is 31.4 Å². The lowest BCUT2D eigenvalue weighted by atomic mass is 10.1. The molecule has 1 amide bonds. The van der Waals surface area contributed by atoms with Crippen molar-refractivity contribution in [2.24, 2.45) is 0 Å². The van der Waals surface area contributed by atoms with E-state index < -0.39 is 0 Å². The minimum Gasteiger partial charge on any atom is -0.497 e. The van der Waals surface area contributed by atoms with Crippen molar-refractivity contribution >= 4 is 5.91 Å². The first-order chi connectivity index (χ1) is 14.6. The molecule has 1 fully saturated rings. The quantitative estimate of drug-likeness (QED) is 0.616. The van der Waals surface area contributed by atoms with Gasteiger partial charge in [-0.15, -0.1) is 0 Å². The molecule has 0 atom stereocenters. The number of furan rings is 1. The Hall–Kier alpha value is -3.12. The highest BCUT2D eigenvalue weighted by atomic mass is 19.1. The summed E-state index contributed by atoms with van der Waals surface area (Å²) in [6.07, 6.45) is 0.969. The van der Waals surface area contributed by atoms with Gasteiger partial charge in [0.05, 0.1) is 7.11 Å². The summed E-state index contributed by atoms with van der Waals surface area (Å²) in [6.45, 7) is 3.99. The van der Waals surface area contributed by atoms with Crippen LogP contribution in [0.25, 0.3) is 11.3 Å². The van der Waals surface area contributed by atoms with Crippen molar-refractivity contribution in [1.29, 1.82) is 0 Å². The molecule has 0 unspecified atom stereocenters. The van der Waals surface area contributed by atoms with E-state index in [0.29, 0.717) is 24.6 Å². The Morgan fingerprint density at radius 3 is 2.33 bits per heavy atom. The fourth-order valence-corrected chi connectivity index (χ4v) is 3.63. The summed E-state index contributed by atoms with van der Waals surface area (Å²) < 4.78 is 24.0. The van der Waals surface area contributed by atoms with E-state index in [1.807, 2.05) is 17.0 Å². The van der Waals surface area contributed by atoms with E-state index in [2.05, 4.69) is 17.0 Å². The molecule has 0 spiro atoms. The molecule has 2 heterocycles. The normalized spacial score (nSPS) is 14.7. The first-order valence-corrected chi connectivity index (χ1v) is 10.1. The largest absolute Gasteiger partial charge is 0.497 e. The van der Waals surface area contributed by atoms with Crippen LogP contribution in [0.3, 0.4) is 0 Å². The van der Waals surface area contributed by atoms with Crippen LogP contribution in [0.1, 0.15) is 16.1 Å². The minimum atomic E-state index is -0.300. The molecule has 5 nitrogen and oxygen atoms in total. The number of methoxy groups -OCH3 is 1. The number of nitrogens with zero attached hydrogens (tertiary/aromatic N) is 2. The van der Waals surface area contributed by atoms with Crippen molar-refractivity contribution in [2.45, 2.75) is 6.42 Å². The van der Waals surface area contributed by atoms with Crippen molar-refractivity contribution in [2.75, 3.05) is 39.8 Å².